The van der Waals surface area contributed by atoms with E-state index in [0.29, 0.717) is 0 Å². The maximum atomic E-state index is 3.76. The van der Waals surface area contributed by atoms with Crippen LogP contribution in [-0.4, -0.2) is 0 Å². The molecular formula is C20H38. The summed E-state index contributed by atoms with van der Waals surface area (Å²) in [5, 5.41) is 0. The molecule has 0 N–H and O–H groups in total. The van der Waals surface area contributed by atoms with Crippen LogP contribution in [0.1, 0.15) is 103 Å². The molecule has 0 amide bonds. The molecule has 0 heteroatoms. The summed E-state index contributed by atoms with van der Waals surface area (Å²) in [5.41, 5.74) is 0. The molecule has 0 aliphatic rings. The Bertz CT molecular complexity index is 202. The monoisotopic (exact) mass is 278 g/mol. The van der Waals surface area contributed by atoms with Gasteiger partial charge in [-0.2, -0.15) is 0 Å². The van der Waals surface area contributed by atoms with Crippen LogP contribution in [-0.2, 0) is 0 Å². The highest BCUT2D eigenvalue weighted by molar-refractivity contribution is 4.81. The van der Waals surface area contributed by atoms with Gasteiger partial charge in [-0.05, 0) is 38.5 Å². The van der Waals surface area contributed by atoms with Crippen molar-refractivity contribution in [2.24, 2.45) is 0 Å². The van der Waals surface area contributed by atoms with Gasteiger partial charge < -0.3 is 0 Å². The highest BCUT2D eigenvalue weighted by Gasteiger charge is 1.90. The van der Waals surface area contributed by atoms with Gasteiger partial charge >= 0.3 is 0 Å². The van der Waals surface area contributed by atoms with Crippen molar-refractivity contribution < 1.29 is 0 Å². The van der Waals surface area contributed by atoms with Crippen molar-refractivity contribution in [1.29, 1.82) is 0 Å². The smallest absolute Gasteiger partial charge is 0.0351 e. The maximum absolute atomic E-state index is 3.76. The minimum atomic E-state index is 1.19. The van der Waals surface area contributed by atoms with Crippen molar-refractivity contribution in [3.8, 4) is 0 Å². The summed E-state index contributed by atoms with van der Waals surface area (Å²) in [4.78, 5) is 0. The average molecular weight is 279 g/mol. The predicted octanol–water partition coefficient (Wildman–Crippen LogP) is 7.60. The molecule has 0 radical (unpaired) electrons. The van der Waals surface area contributed by atoms with Crippen molar-refractivity contribution in [1.82, 2.24) is 0 Å². The van der Waals surface area contributed by atoms with Crippen LogP contribution < -0.4 is 0 Å². The highest BCUT2D eigenvalue weighted by atomic mass is 14.0. The van der Waals surface area contributed by atoms with Gasteiger partial charge in [-0.15, -0.1) is 6.58 Å². The van der Waals surface area contributed by atoms with E-state index >= 15 is 0 Å². The van der Waals surface area contributed by atoms with Crippen LogP contribution in [0.4, 0.5) is 0 Å². The zero-order valence-corrected chi connectivity index (χ0v) is 14.0. The molecule has 0 aliphatic carbocycles. The van der Waals surface area contributed by atoms with Crippen LogP contribution in [0.15, 0.2) is 24.8 Å². The Morgan fingerprint density at radius 3 is 1.40 bits per heavy atom. The molecule has 0 heterocycles. The van der Waals surface area contributed by atoms with Crippen molar-refractivity contribution >= 4 is 0 Å². The van der Waals surface area contributed by atoms with Crippen molar-refractivity contribution in [3.63, 3.8) is 0 Å². The summed E-state index contributed by atoms with van der Waals surface area (Å²) in [6.07, 6.45) is 27.5. The first-order valence-electron chi connectivity index (χ1n) is 9.17. The summed E-state index contributed by atoms with van der Waals surface area (Å²) >= 11 is 0. The van der Waals surface area contributed by atoms with E-state index in [-0.39, 0.29) is 0 Å². The fraction of sp³-hybridized carbons (Fsp3) is 0.800. The van der Waals surface area contributed by atoms with E-state index in [1.807, 2.05) is 6.08 Å². The number of unbranched alkanes of at least 4 members (excludes halogenated alkanes) is 13. The Labute approximate surface area is 128 Å². The van der Waals surface area contributed by atoms with Crippen molar-refractivity contribution in [2.45, 2.75) is 103 Å². The molecule has 0 aromatic rings. The van der Waals surface area contributed by atoms with E-state index in [1.165, 1.54) is 96.3 Å². The third-order valence-electron chi connectivity index (χ3n) is 3.92. The van der Waals surface area contributed by atoms with E-state index in [2.05, 4.69) is 25.7 Å². The van der Waals surface area contributed by atoms with Gasteiger partial charge in [0.05, 0.1) is 0 Å². The van der Waals surface area contributed by atoms with Gasteiger partial charge in [0.15, 0.2) is 0 Å². The first-order valence-corrected chi connectivity index (χ1v) is 9.17. The van der Waals surface area contributed by atoms with Crippen LogP contribution in [0, 0.1) is 0 Å². The van der Waals surface area contributed by atoms with Crippen LogP contribution in [0.2, 0.25) is 0 Å². The summed E-state index contributed by atoms with van der Waals surface area (Å²) in [6.45, 7) is 6.04. The third kappa shape index (κ3) is 17.5. The minimum Gasteiger partial charge on any atom is -0.103 e. The first-order chi connectivity index (χ1) is 9.91. The molecule has 0 saturated heterocycles. The lowest BCUT2D eigenvalue weighted by atomic mass is 10.1. The Balaban J connectivity index is 3.03. The SMILES string of the molecule is C=CCCCCCCC=CCCCCCCCCCC. The number of allylic oxidation sites excluding steroid dienone is 3. The second kappa shape index (κ2) is 18.5. The van der Waals surface area contributed by atoms with E-state index < -0.39 is 0 Å². The first kappa shape index (κ1) is 19.5. The second-order valence-electron chi connectivity index (χ2n) is 6.02. The molecule has 0 rings (SSSR count). The zero-order valence-electron chi connectivity index (χ0n) is 14.0. The fourth-order valence-corrected chi connectivity index (χ4v) is 2.54. The lowest BCUT2D eigenvalue weighted by molar-refractivity contribution is 0.577. The van der Waals surface area contributed by atoms with Crippen molar-refractivity contribution in [3.05, 3.63) is 24.8 Å². The minimum absolute atomic E-state index is 1.19. The third-order valence-corrected chi connectivity index (χ3v) is 3.92. The molecule has 0 aliphatic heterocycles. The molecular weight excluding hydrogens is 240 g/mol. The summed E-state index contributed by atoms with van der Waals surface area (Å²) in [5.74, 6) is 0. The standard InChI is InChI=1S/C20H38/c1-3-5-7-9-11-13-15-17-19-20-18-16-14-12-10-8-6-4-2/h3,17,19H,1,4-16,18,20H2,2H3. The van der Waals surface area contributed by atoms with Gasteiger partial charge in [0, 0.05) is 0 Å². The summed E-state index contributed by atoms with van der Waals surface area (Å²) in [7, 11) is 0. The zero-order chi connectivity index (χ0) is 14.7. The van der Waals surface area contributed by atoms with E-state index in [1.54, 1.807) is 0 Å². The Kier molecular flexibility index (Phi) is 18.0. The highest BCUT2D eigenvalue weighted by Crippen LogP contribution is 2.10. The van der Waals surface area contributed by atoms with E-state index in [4.69, 9.17) is 0 Å². The van der Waals surface area contributed by atoms with Crippen LogP contribution in [0.25, 0.3) is 0 Å². The maximum Gasteiger partial charge on any atom is -0.0351 e. The van der Waals surface area contributed by atoms with Crippen molar-refractivity contribution in [2.75, 3.05) is 0 Å². The topological polar surface area (TPSA) is 0 Å². The lowest BCUT2D eigenvalue weighted by Crippen LogP contribution is -1.80. The summed E-state index contributed by atoms with van der Waals surface area (Å²) in [6, 6.07) is 0. The molecule has 0 aromatic heterocycles. The molecule has 0 saturated carbocycles. The van der Waals surface area contributed by atoms with Crippen LogP contribution >= 0.6 is 0 Å². The predicted molar refractivity (Wildman–Crippen MR) is 94.3 cm³/mol. The molecule has 0 unspecified atom stereocenters. The average Bonchev–Trinajstić information content (AvgIpc) is 2.47. The molecule has 0 bridgehead atoms. The van der Waals surface area contributed by atoms with Crippen LogP contribution in [0.5, 0.6) is 0 Å². The Morgan fingerprint density at radius 1 is 0.550 bits per heavy atom. The fourth-order valence-electron chi connectivity index (χ4n) is 2.54. The number of hydrogen-bond donors (Lipinski definition) is 0. The molecule has 0 atom stereocenters. The van der Waals surface area contributed by atoms with E-state index in [9.17, 15) is 0 Å². The van der Waals surface area contributed by atoms with Gasteiger partial charge in [-0.3, -0.25) is 0 Å². The molecule has 0 fully saturated rings. The lowest BCUT2D eigenvalue weighted by Gasteiger charge is -2.00. The van der Waals surface area contributed by atoms with Gasteiger partial charge in [0.2, 0.25) is 0 Å². The Hall–Kier alpha value is -0.520. The largest absolute Gasteiger partial charge is 0.103 e. The molecule has 118 valence electrons. The van der Waals surface area contributed by atoms with Gasteiger partial charge in [-0.1, -0.05) is 82.9 Å². The second-order valence-corrected chi connectivity index (χ2v) is 6.02. The van der Waals surface area contributed by atoms with Gasteiger partial charge in [0.1, 0.15) is 0 Å². The van der Waals surface area contributed by atoms with Crippen LogP contribution in [0.3, 0.4) is 0 Å². The Morgan fingerprint density at radius 2 is 0.950 bits per heavy atom. The van der Waals surface area contributed by atoms with Gasteiger partial charge in [-0.25, -0.2) is 0 Å². The normalized spacial score (nSPS) is 11.2. The quantitative estimate of drug-likeness (QED) is 0.201. The number of hydrogen-bond acceptors (Lipinski definition) is 0. The molecule has 0 spiro atoms. The van der Waals surface area contributed by atoms with E-state index in [0.717, 1.165) is 0 Å². The molecule has 0 nitrogen and oxygen atoms in total. The molecule has 20 heavy (non-hydrogen) atoms. The van der Waals surface area contributed by atoms with Gasteiger partial charge in [0.25, 0.3) is 0 Å². The summed E-state index contributed by atoms with van der Waals surface area (Å²) < 4.78 is 0. The number of rotatable bonds is 16. The molecule has 0 aromatic carbocycles.